The standard InChI is InChI=1S/C34H43N7O/c1-5-6-16-39-18-19-41(22-27(39)13-15-35)33-28-14-17-40(30-12-8-11-25-10-7-9-24(2)32(25)30)23-29(28)36-34(37-33)42-31-20-26(31)21-38(3)4/h5-12,26-27,31H,13-14,16-23H2,1-4H3/b6-5+/t26?,27-,31?/m0/s1. The van der Waals surface area contributed by atoms with Gasteiger partial charge >= 0.3 is 6.01 Å². The Morgan fingerprint density at radius 2 is 1.93 bits per heavy atom. The van der Waals surface area contributed by atoms with E-state index in [2.05, 4.69) is 102 Å². The van der Waals surface area contributed by atoms with E-state index in [4.69, 9.17) is 14.7 Å². The van der Waals surface area contributed by atoms with Crippen LogP contribution in [0.5, 0.6) is 6.01 Å². The second kappa shape index (κ2) is 12.3. The topological polar surface area (TPSA) is 71.8 Å². The van der Waals surface area contributed by atoms with E-state index in [0.717, 1.165) is 70.2 Å². The molecule has 0 bridgehead atoms. The molecule has 8 nitrogen and oxygen atoms in total. The summed E-state index contributed by atoms with van der Waals surface area (Å²) in [5.74, 6) is 1.52. The quantitative estimate of drug-likeness (QED) is 0.343. The van der Waals surface area contributed by atoms with Crippen molar-refractivity contribution in [2.45, 2.75) is 51.8 Å². The number of nitrogens with zero attached hydrogens (tertiary/aromatic N) is 7. The maximum atomic E-state index is 9.61. The molecule has 3 aliphatic rings. The van der Waals surface area contributed by atoms with Crippen molar-refractivity contribution < 1.29 is 4.74 Å². The maximum Gasteiger partial charge on any atom is 0.318 e. The van der Waals surface area contributed by atoms with Gasteiger partial charge in [0.25, 0.3) is 0 Å². The number of allylic oxidation sites excluding steroid dienone is 1. The second-order valence-electron chi connectivity index (χ2n) is 12.3. The van der Waals surface area contributed by atoms with Crippen LogP contribution in [-0.2, 0) is 13.0 Å². The van der Waals surface area contributed by atoms with Crippen molar-refractivity contribution in [2.75, 3.05) is 63.2 Å². The molecule has 2 unspecified atom stereocenters. The summed E-state index contributed by atoms with van der Waals surface area (Å²) in [6.07, 6.45) is 6.87. The second-order valence-corrected chi connectivity index (χ2v) is 12.3. The number of piperazine rings is 1. The Labute approximate surface area is 250 Å². The van der Waals surface area contributed by atoms with Crippen molar-refractivity contribution in [2.24, 2.45) is 5.92 Å². The van der Waals surface area contributed by atoms with E-state index in [0.29, 0.717) is 18.3 Å². The lowest BCUT2D eigenvalue weighted by Crippen LogP contribution is -2.53. The van der Waals surface area contributed by atoms with Crippen LogP contribution >= 0.6 is 0 Å². The van der Waals surface area contributed by atoms with Crippen LogP contribution in [-0.4, -0.2) is 85.3 Å². The third-order valence-corrected chi connectivity index (χ3v) is 8.98. The fourth-order valence-corrected chi connectivity index (χ4v) is 6.70. The molecule has 2 aliphatic heterocycles. The Hall–Kier alpha value is -3.67. The van der Waals surface area contributed by atoms with Gasteiger partial charge in [-0.15, -0.1) is 0 Å². The highest BCUT2D eigenvalue weighted by molar-refractivity contribution is 5.97. The molecule has 0 N–H and O–H groups in total. The van der Waals surface area contributed by atoms with Gasteiger partial charge in [0.1, 0.15) is 11.9 Å². The molecule has 6 rings (SSSR count). The van der Waals surface area contributed by atoms with Gasteiger partial charge in [-0.25, -0.2) is 0 Å². The third-order valence-electron chi connectivity index (χ3n) is 8.98. The molecule has 2 aromatic carbocycles. The summed E-state index contributed by atoms with van der Waals surface area (Å²) in [6, 6.07) is 16.2. The number of nitriles is 1. The van der Waals surface area contributed by atoms with E-state index in [1.165, 1.54) is 27.6 Å². The fourth-order valence-electron chi connectivity index (χ4n) is 6.70. The molecule has 0 amide bonds. The molecule has 0 spiro atoms. The molecular weight excluding hydrogens is 522 g/mol. The van der Waals surface area contributed by atoms with Crippen molar-refractivity contribution in [3.05, 3.63) is 65.4 Å². The van der Waals surface area contributed by atoms with Gasteiger partial charge in [0.15, 0.2) is 0 Å². The van der Waals surface area contributed by atoms with Crippen molar-refractivity contribution >= 4 is 22.3 Å². The minimum absolute atomic E-state index is 0.168. The van der Waals surface area contributed by atoms with E-state index < -0.39 is 0 Å². The molecule has 1 aliphatic carbocycles. The lowest BCUT2D eigenvalue weighted by atomic mass is 9.99. The van der Waals surface area contributed by atoms with Gasteiger partial charge in [0.2, 0.25) is 0 Å². The first-order chi connectivity index (χ1) is 20.4. The van der Waals surface area contributed by atoms with Crippen LogP contribution in [0, 0.1) is 24.2 Å². The Balaban J connectivity index is 1.32. The summed E-state index contributed by atoms with van der Waals surface area (Å²) in [7, 11) is 4.22. The number of hydrogen-bond acceptors (Lipinski definition) is 8. The van der Waals surface area contributed by atoms with E-state index >= 15 is 0 Å². The molecular formula is C34H43N7O. The molecule has 220 valence electrons. The molecule has 1 saturated heterocycles. The highest BCUT2D eigenvalue weighted by Crippen LogP contribution is 2.38. The Bertz CT molecular complexity index is 1490. The Morgan fingerprint density at radius 1 is 1.10 bits per heavy atom. The molecule has 1 aromatic heterocycles. The largest absolute Gasteiger partial charge is 0.460 e. The van der Waals surface area contributed by atoms with E-state index in [1.54, 1.807) is 0 Å². The molecule has 42 heavy (non-hydrogen) atoms. The van der Waals surface area contributed by atoms with E-state index in [-0.39, 0.29) is 12.1 Å². The predicted octanol–water partition coefficient (Wildman–Crippen LogP) is 4.81. The first-order valence-corrected chi connectivity index (χ1v) is 15.4. The SMILES string of the molecule is C/C=C/CN1CCN(c2nc(OC3CC3CN(C)C)nc3c2CCN(c2cccc4cccc(C)c24)C3)C[C@@H]1CC#N. The molecule has 1 saturated carbocycles. The number of anilines is 2. The lowest BCUT2D eigenvalue weighted by Gasteiger charge is -2.42. The first kappa shape index (κ1) is 28.4. The minimum Gasteiger partial charge on any atom is -0.460 e. The zero-order valence-corrected chi connectivity index (χ0v) is 25.5. The average Bonchev–Trinajstić information content (AvgIpc) is 3.71. The van der Waals surface area contributed by atoms with Crippen molar-refractivity contribution in [3.63, 3.8) is 0 Å². The smallest absolute Gasteiger partial charge is 0.318 e. The van der Waals surface area contributed by atoms with Crippen LogP contribution < -0.4 is 14.5 Å². The van der Waals surface area contributed by atoms with Crippen LogP contribution in [0.3, 0.4) is 0 Å². The van der Waals surface area contributed by atoms with Gasteiger partial charge in [0.05, 0.1) is 24.7 Å². The monoisotopic (exact) mass is 565 g/mol. The van der Waals surface area contributed by atoms with Crippen molar-refractivity contribution in [3.8, 4) is 12.1 Å². The van der Waals surface area contributed by atoms with Crippen LogP contribution in [0.4, 0.5) is 11.5 Å². The number of ether oxygens (including phenoxy) is 1. The highest BCUT2D eigenvalue weighted by atomic mass is 16.5. The summed E-state index contributed by atoms with van der Waals surface area (Å²) in [6.45, 7) is 10.3. The maximum absolute atomic E-state index is 9.61. The first-order valence-electron chi connectivity index (χ1n) is 15.4. The molecule has 3 aromatic rings. The molecule has 8 heteroatoms. The minimum atomic E-state index is 0.168. The van der Waals surface area contributed by atoms with E-state index in [9.17, 15) is 5.26 Å². The fraction of sp³-hybridized carbons (Fsp3) is 0.500. The van der Waals surface area contributed by atoms with Crippen molar-refractivity contribution in [1.29, 1.82) is 5.26 Å². The summed E-state index contributed by atoms with van der Waals surface area (Å²) >= 11 is 0. The highest BCUT2D eigenvalue weighted by Gasteiger charge is 2.41. The number of hydrogen-bond donors (Lipinski definition) is 0. The van der Waals surface area contributed by atoms with Gasteiger partial charge in [-0.2, -0.15) is 15.2 Å². The number of benzene rings is 2. The number of aromatic nitrogens is 2. The number of rotatable bonds is 9. The summed E-state index contributed by atoms with van der Waals surface area (Å²) < 4.78 is 6.45. The van der Waals surface area contributed by atoms with Gasteiger partial charge in [-0.1, -0.05) is 42.5 Å². The Kier molecular flexibility index (Phi) is 8.32. The van der Waals surface area contributed by atoms with Crippen LogP contribution in [0.1, 0.15) is 36.6 Å². The van der Waals surface area contributed by atoms with Gasteiger partial charge in [-0.05, 0) is 57.8 Å². The van der Waals surface area contributed by atoms with E-state index in [1.807, 2.05) is 0 Å². The van der Waals surface area contributed by atoms with Crippen LogP contribution in [0.2, 0.25) is 0 Å². The summed E-state index contributed by atoms with van der Waals surface area (Å²) in [5, 5.41) is 12.2. The van der Waals surface area contributed by atoms with Gasteiger partial charge in [0, 0.05) is 67.9 Å². The molecule has 0 radical (unpaired) electrons. The zero-order chi connectivity index (χ0) is 29.2. The Morgan fingerprint density at radius 3 is 2.71 bits per heavy atom. The van der Waals surface area contributed by atoms with Crippen molar-refractivity contribution in [1.82, 2.24) is 19.8 Å². The number of aryl methyl sites for hydroxylation is 1. The molecule has 3 atom stereocenters. The number of fused-ring (bicyclic) bond motifs is 2. The summed E-state index contributed by atoms with van der Waals surface area (Å²) in [5.41, 5.74) is 4.85. The van der Waals surface area contributed by atoms with Gasteiger partial charge < -0.3 is 19.4 Å². The van der Waals surface area contributed by atoms with Crippen LogP contribution in [0.15, 0.2) is 48.6 Å². The normalized spacial score (nSPS) is 22.5. The van der Waals surface area contributed by atoms with Gasteiger partial charge in [-0.3, -0.25) is 4.90 Å². The molecule has 2 fully saturated rings. The zero-order valence-electron chi connectivity index (χ0n) is 25.5. The van der Waals surface area contributed by atoms with Crippen LogP contribution in [0.25, 0.3) is 10.8 Å². The average molecular weight is 566 g/mol. The molecule has 3 heterocycles. The predicted molar refractivity (Wildman–Crippen MR) is 169 cm³/mol. The summed E-state index contributed by atoms with van der Waals surface area (Å²) in [4.78, 5) is 19.7. The third kappa shape index (κ3) is 5.95. The lowest BCUT2D eigenvalue weighted by molar-refractivity contribution is 0.197.